The molecule has 3 heteroatoms. The molecule has 0 bridgehead atoms. The van der Waals surface area contributed by atoms with Crippen LogP contribution >= 0.6 is 0 Å². The maximum Gasteiger partial charge on any atom is 0.0366 e. The van der Waals surface area contributed by atoms with Crippen LogP contribution < -0.4 is 4.90 Å². The van der Waals surface area contributed by atoms with E-state index in [-0.39, 0.29) is 0 Å². The highest BCUT2D eigenvalue weighted by Gasteiger charge is 2.17. The first kappa shape index (κ1) is 12.5. The molecule has 0 amide bonds. The third-order valence-corrected chi connectivity index (χ3v) is 5.24. The highest BCUT2D eigenvalue weighted by Crippen LogP contribution is 2.21. The van der Waals surface area contributed by atoms with Crippen LogP contribution in [0.3, 0.4) is 0 Å². The summed E-state index contributed by atoms with van der Waals surface area (Å²) in [6.45, 7) is 6.13. The zero-order chi connectivity index (χ0) is 12.5. The summed E-state index contributed by atoms with van der Waals surface area (Å²) in [7, 11) is -1.79. The number of hydrogen-bond donors (Lipinski definition) is 0. The van der Waals surface area contributed by atoms with Gasteiger partial charge in [-0.1, -0.05) is 26.0 Å². The normalized spacial score (nSPS) is 19.6. The maximum absolute atomic E-state index is 11.8. The second kappa shape index (κ2) is 4.73. The molecule has 1 aromatic rings. The summed E-state index contributed by atoms with van der Waals surface area (Å²) in [5, 5.41) is 0. The van der Waals surface area contributed by atoms with E-state index in [4.69, 9.17) is 0 Å². The molecule has 0 atom stereocenters. The molecule has 1 aromatic carbocycles. The van der Waals surface area contributed by atoms with Gasteiger partial charge in [0.15, 0.2) is 0 Å². The molecule has 17 heavy (non-hydrogen) atoms. The minimum absolute atomic E-state index is 0.573. The SMILES string of the molecule is C=S1(=O)CCN(c2ccc(C(C)C)cc2)CC1. The van der Waals surface area contributed by atoms with Gasteiger partial charge < -0.3 is 4.90 Å². The van der Waals surface area contributed by atoms with E-state index in [0.29, 0.717) is 5.92 Å². The predicted octanol–water partition coefficient (Wildman–Crippen LogP) is 2.35. The number of anilines is 1. The van der Waals surface area contributed by atoms with Gasteiger partial charge in [-0.05, 0) is 39.0 Å². The standard InChI is InChI=1S/C14H21NOS/c1-12(2)13-4-6-14(7-5-13)15-8-10-17(3,16)11-9-15/h4-7,12H,3,8-11H2,1-2H3. The van der Waals surface area contributed by atoms with Crippen molar-refractivity contribution in [2.45, 2.75) is 19.8 Å². The van der Waals surface area contributed by atoms with Crippen LogP contribution in [0.5, 0.6) is 0 Å². The topological polar surface area (TPSA) is 20.3 Å². The minimum atomic E-state index is -1.79. The van der Waals surface area contributed by atoms with Crippen molar-refractivity contribution < 1.29 is 4.21 Å². The lowest BCUT2D eigenvalue weighted by Crippen LogP contribution is -2.40. The van der Waals surface area contributed by atoms with Gasteiger partial charge in [-0.15, -0.1) is 0 Å². The number of hydrogen-bond acceptors (Lipinski definition) is 2. The summed E-state index contributed by atoms with van der Waals surface area (Å²) in [5.41, 5.74) is 2.61. The van der Waals surface area contributed by atoms with Crippen LogP contribution in [0.1, 0.15) is 25.3 Å². The van der Waals surface area contributed by atoms with Crippen molar-refractivity contribution in [3.05, 3.63) is 29.8 Å². The highest BCUT2D eigenvalue weighted by atomic mass is 32.2. The molecule has 1 aliphatic rings. The Hall–Kier alpha value is -0.960. The molecule has 0 N–H and O–H groups in total. The summed E-state index contributed by atoms with van der Waals surface area (Å²) in [6.07, 6.45) is 0. The molecule has 1 aliphatic heterocycles. The van der Waals surface area contributed by atoms with Crippen molar-refractivity contribution in [1.29, 1.82) is 0 Å². The van der Waals surface area contributed by atoms with E-state index in [1.807, 2.05) is 0 Å². The lowest BCUT2D eigenvalue weighted by molar-refractivity contribution is 0.671. The van der Waals surface area contributed by atoms with E-state index in [9.17, 15) is 4.21 Å². The molecule has 1 saturated heterocycles. The van der Waals surface area contributed by atoms with Crippen LogP contribution in [0.25, 0.3) is 0 Å². The largest absolute Gasteiger partial charge is 0.370 e. The monoisotopic (exact) mass is 251 g/mol. The molecule has 0 saturated carbocycles. The maximum atomic E-state index is 11.8. The van der Waals surface area contributed by atoms with Gasteiger partial charge in [-0.3, -0.25) is 4.21 Å². The van der Waals surface area contributed by atoms with Crippen LogP contribution in [0.2, 0.25) is 0 Å². The van der Waals surface area contributed by atoms with Crippen molar-refractivity contribution in [3.63, 3.8) is 0 Å². The third-order valence-electron chi connectivity index (χ3n) is 3.39. The smallest absolute Gasteiger partial charge is 0.0366 e. The lowest BCUT2D eigenvalue weighted by atomic mass is 10.0. The molecule has 94 valence electrons. The Kier molecular flexibility index (Phi) is 3.48. The average molecular weight is 251 g/mol. The molecule has 0 unspecified atom stereocenters. The van der Waals surface area contributed by atoms with Crippen LogP contribution in [0.15, 0.2) is 24.3 Å². The summed E-state index contributed by atoms with van der Waals surface area (Å²) in [4.78, 5) is 2.30. The lowest BCUT2D eigenvalue weighted by Gasteiger charge is -2.31. The molecule has 0 aromatic heterocycles. The molecule has 2 nitrogen and oxygen atoms in total. The predicted molar refractivity (Wildman–Crippen MR) is 77.7 cm³/mol. The van der Waals surface area contributed by atoms with Gasteiger partial charge in [0.25, 0.3) is 0 Å². The fourth-order valence-corrected chi connectivity index (χ4v) is 3.41. The fraction of sp³-hybridized carbons (Fsp3) is 0.500. The van der Waals surface area contributed by atoms with Gasteiger partial charge in [-0.25, -0.2) is 0 Å². The van der Waals surface area contributed by atoms with Gasteiger partial charge in [0.1, 0.15) is 0 Å². The van der Waals surface area contributed by atoms with Crippen molar-refractivity contribution in [3.8, 4) is 0 Å². The first-order valence-electron chi connectivity index (χ1n) is 6.15. The van der Waals surface area contributed by atoms with E-state index in [2.05, 4.69) is 48.9 Å². The summed E-state index contributed by atoms with van der Waals surface area (Å²) in [6, 6.07) is 8.73. The van der Waals surface area contributed by atoms with E-state index in [0.717, 1.165) is 24.6 Å². The number of rotatable bonds is 2. The highest BCUT2D eigenvalue weighted by molar-refractivity contribution is 8.00. The van der Waals surface area contributed by atoms with Crippen LogP contribution in [0.4, 0.5) is 5.69 Å². The van der Waals surface area contributed by atoms with Crippen molar-refractivity contribution in [1.82, 2.24) is 0 Å². The van der Waals surface area contributed by atoms with Crippen LogP contribution in [0, 0.1) is 0 Å². The first-order chi connectivity index (χ1) is 7.98. The molecule has 0 aliphatic carbocycles. The van der Waals surface area contributed by atoms with Gasteiger partial charge >= 0.3 is 0 Å². The Morgan fingerprint density at radius 3 is 2.18 bits per heavy atom. The Balaban J connectivity index is 2.09. The van der Waals surface area contributed by atoms with Crippen molar-refractivity contribution in [2.75, 3.05) is 29.5 Å². The third kappa shape index (κ3) is 3.03. The fourth-order valence-electron chi connectivity index (χ4n) is 2.10. The number of nitrogens with zero attached hydrogens (tertiary/aromatic N) is 1. The second-order valence-electron chi connectivity index (χ2n) is 5.11. The Labute approximate surface area is 105 Å². The quantitative estimate of drug-likeness (QED) is 0.752. The minimum Gasteiger partial charge on any atom is -0.370 e. The molecular weight excluding hydrogens is 230 g/mol. The van der Waals surface area contributed by atoms with E-state index in [1.54, 1.807) is 0 Å². The van der Waals surface area contributed by atoms with Crippen molar-refractivity contribution >= 4 is 21.1 Å². The van der Waals surface area contributed by atoms with Gasteiger partial charge in [-0.2, -0.15) is 0 Å². The molecule has 1 heterocycles. The van der Waals surface area contributed by atoms with E-state index < -0.39 is 9.52 Å². The van der Waals surface area contributed by atoms with Gasteiger partial charge in [0.05, 0.1) is 0 Å². The Morgan fingerprint density at radius 1 is 1.18 bits per heavy atom. The summed E-state index contributed by atoms with van der Waals surface area (Å²) in [5.74, 6) is 5.81. The average Bonchev–Trinajstić information content (AvgIpc) is 2.29. The zero-order valence-corrected chi connectivity index (χ0v) is 11.5. The second-order valence-corrected chi connectivity index (χ2v) is 7.86. The van der Waals surface area contributed by atoms with Crippen molar-refractivity contribution in [2.24, 2.45) is 0 Å². The zero-order valence-electron chi connectivity index (χ0n) is 10.7. The van der Waals surface area contributed by atoms with Crippen LogP contribution in [-0.2, 0) is 9.52 Å². The summed E-state index contributed by atoms with van der Waals surface area (Å²) < 4.78 is 11.8. The summed E-state index contributed by atoms with van der Waals surface area (Å²) >= 11 is 0. The molecule has 0 radical (unpaired) electrons. The molecule has 0 spiro atoms. The molecule has 1 fully saturated rings. The first-order valence-corrected chi connectivity index (χ1v) is 8.22. The van der Waals surface area contributed by atoms with E-state index >= 15 is 0 Å². The Morgan fingerprint density at radius 2 is 1.71 bits per heavy atom. The van der Waals surface area contributed by atoms with E-state index in [1.165, 1.54) is 11.3 Å². The number of benzene rings is 1. The molecule has 2 rings (SSSR count). The Bertz CT molecular complexity index is 459. The molecular formula is C14H21NOS. The van der Waals surface area contributed by atoms with Gasteiger partial charge in [0.2, 0.25) is 0 Å². The van der Waals surface area contributed by atoms with Crippen LogP contribution in [-0.4, -0.2) is 34.7 Å². The van der Waals surface area contributed by atoms with Gasteiger partial charge in [0, 0.05) is 30.3 Å².